The molecule has 1 aliphatic rings. The Bertz CT molecular complexity index is 934. The Kier molecular flexibility index (Phi) is 6.59. The van der Waals surface area contributed by atoms with Gasteiger partial charge in [0.25, 0.3) is 15.9 Å². The van der Waals surface area contributed by atoms with Crippen LogP contribution in [0.1, 0.15) is 28.8 Å². The van der Waals surface area contributed by atoms with Crippen LogP contribution in [0.2, 0.25) is 0 Å². The van der Waals surface area contributed by atoms with Gasteiger partial charge in [-0.3, -0.25) is 9.10 Å². The maximum absolute atomic E-state index is 12.8. The third-order valence-corrected chi connectivity index (χ3v) is 7.25. The van der Waals surface area contributed by atoms with E-state index in [4.69, 9.17) is 0 Å². The number of likely N-dealkylation sites (tertiary alicyclic amines) is 1. The maximum atomic E-state index is 12.8. The molecule has 1 aliphatic heterocycles. The lowest BCUT2D eigenvalue weighted by molar-refractivity contribution is 0.0782. The molecule has 7 heteroatoms. The van der Waals surface area contributed by atoms with Crippen LogP contribution < -0.4 is 4.31 Å². The van der Waals surface area contributed by atoms with Crippen LogP contribution in [0, 0.1) is 6.92 Å². The van der Waals surface area contributed by atoms with E-state index in [1.165, 1.54) is 24.2 Å². The molecule has 3 rings (SSSR count). The van der Waals surface area contributed by atoms with Crippen LogP contribution in [0.4, 0.5) is 5.69 Å². The third-order valence-electron chi connectivity index (χ3n) is 5.45. The number of benzene rings is 2. The molecule has 29 heavy (non-hydrogen) atoms. The number of likely N-dealkylation sites (N-methyl/N-ethyl adjacent to an activating group) is 1. The minimum Gasteiger partial charge on any atom is -0.340 e. The first-order valence-corrected chi connectivity index (χ1v) is 11.4. The zero-order chi connectivity index (χ0) is 21.0. The van der Waals surface area contributed by atoms with Crippen molar-refractivity contribution in [2.45, 2.75) is 24.7 Å². The molecular weight excluding hydrogens is 386 g/mol. The van der Waals surface area contributed by atoms with Gasteiger partial charge in [0, 0.05) is 32.7 Å². The van der Waals surface area contributed by atoms with Crippen molar-refractivity contribution in [1.29, 1.82) is 0 Å². The molecule has 2 aromatic rings. The van der Waals surface area contributed by atoms with Gasteiger partial charge in [-0.15, -0.1) is 0 Å². The van der Waals surface area contributed by atoms with Crippen molar-refractivity contribution in [3.63, 3.8) is 0 Å². The average Bonchev–Trinajstić information content (AvgIpc) is 3.25. The average molecular weight is 416 g/mol. The monoisotopic (exact) mass is 415 g/mol. The normalized spacial score (nSPS) is 14.7. The summed E-state index contributed by atoms with van der Waals surface area (Å²) in [6.45, 7) is 5.70. The van der Waals surface area contributed by atoms with E-state index < -0.39 is 10.0 Å². The van der Waals surface area contributed by atoms with Crippen LogP contribution in [0.5, 0.6) is 0 Å². The molecule has 0 unspecified atom stereocenters. The smallest absolute Gasteiger partial charge is 0.264 e. The molecule has 6 nitrogen and oxygen atoms in total. The lowest BCUT2D eigenvalue weighted by atomic mass is 10.2. The second-order valence-electron chi connectivity index (χ2n) is 7.61. The molecule has 0 saturated carbocycles. The van der Waals surface area contributed by atoms with Crippen molar-refractivity contribution in [2.24, 2.45) is 0 Å². The zero-order valence-electron chi connectivity index (χ0n) is 17.3. The number of hydrogen-bond donors (Lipinski definition) is 0. The lowest BCUT2D eigenvalue weighted by Crippen LogP contribution is -2.35. The van der Waals surface area contributed by atoms with Crippen molar-refractivity contribution in [2.75, 3.05) is 44.6 Å². The Hall–Kier alpha value is -2.38. The first-order valence-electron chi connectivity index (χ1n) is 9.92. The van der Waals surface area contributed by atoms with Crippen molar-refractivity contribution in [1.82, 2.24) is 9.80 Å². The summed E-state index contributed by atoms with van der Waals surface area (Å²) in [5.41, 5.74) is 2.07. The molecule has 0 aliphatic carbocycles. The van der Waals surface area contributed by atoms with Gasteiger partial charge in [-0.2, -0.15) is 0 Å². The van der Waals surface area contributed by atoms with E-state index in [9.17, 15) is 13.2 Å². The topological polar surface area (TPSA) is 60.9 Å². The highest BCUT2D eigenvalue weighted by atomic mass is 32.2. The van der Waals surface area contributed by atoms with Crippen LogP contribution in [-0.4, -0.2) is 64.4 Å². The van der Waals surface area contributed by atoms with E-state index >= 15 is 0 Å². The number of sulfonamides is 1. The summed E-state index contributed by atoms with van der Waals surface area (Å²) in [5.74, 6) is -0.0557. The first kappa shape index (κ1) is 21.3. The van der Waals surface area contributed by atoms with Gasteiger partial charge in [-0.1, -0.05) is 17.7 Å². The molecule has 0 N–H and O–H groups in total. The van der Waals surface area contributed by atoms with Gasteiger partial charge in [0.2, 0.25) is 0 Å². The molecule has 156 valence electrons. The highest BCUT2D eigenvalue weighted by molar-refractivity contribution is 7.92. The van der Waals surface area contributed by atoms with Gasteiger partial charge < -0.3 is 9.80 Å². The largest absolute Gasteiger partial charge is 0.340 e. The number of carbonyl (C=O) groups excluding carboxylic acids is 1. The van der Waals surface area contributed by atoms with E-state index in [1.807, 2.05) is 6.92 Å². The van der Waals surface area contributed by atoms with Crippen molar-refractivity contribution in [3.8, 4) is 0 Å². The fourth-order valence-corrected chi connectivity index (χ4v) is 4.64. The molecule has 0 bridgehead atoms. The van der Waals surface area contributed by atoms with Crippen molar-refractivity contribution >= 4 is 21.6 Å². The number of hydrogen-bond acceptors (Lipinski definition) is 4. The predicted octanol–water partition coefficient (Wildman–Crippen LogP) is 2.99. The Morgan fingerprint density at radius 3 is 2.14 bits per heavy atom. The van der Waals surface area contributed by atoms with Crippen LogP contribution in [0.25, 0.3) is 0 Å². The number of amides is 1. The molecule has 0 radical (unpaired) electrons. The number of nitrogens with zero attached hydrogens (tertiary/aromatic N) is 3. The molecule has 1 heterocycles. The lowest BCUT2D eigenvalue weighted by Gasteiger charge is -2.22. The summed E-state index contributed by atoms with van der Waals surface area (Å²) in [6.07, 6.45) is 2.47. The highest BCUT2D eigenvalue weighted by Crippen LogP contribution is 2.23. The second kappa shape index (κ2) is 8.97. The Morgan fingerprint density at radius 1 is 0.966 bits per heavy atom. The van der Waals surface area contributed by atoms with Gasteiger partial charge in [0.15, 0.2) is 0 Å². The summed E-state index contributed by atoms with van der Waals surface area (Å²) < 4.78 is 26.9. The molecule has 0 atom stereocenters. The van der Waals surface area contributed by atoms with Gasteiger partial charge >= 0.3 is 0 Å². The van der Waals surface area contributed by atoms with E-state index in [-0.39, 0.29) is 10.8 Å². The SMILES string of the molecule is Cc1ccc(S(=O)(=O)N(C)c2ccc(C(=O)N(C)CCN3CCCC3)cc2)cc1. The molecule has 0 spiro atoms. The summed E-state index contributed by atoms with van der Waals surface area (Å²) in [4.78, 5) is 17.0. The summed E-state index contributed by atoms with van der Waals surface area (Å²) >= 11 is 0. The number of aryl methyl sites for hydroxylation is 1. The van der Waals surface area contributed by atoms with Gasteiger partial charge in [-0.05, 0) is 69.3 Å². The van der Waals surface area contributed by atoms with Crippen LogP contribution in [0.3, 0.4) is 0 Å². The molecule has 1 amide bonds. The van der Waals surface area contributed by atoms with Gasteiger partial charge in [0.05, 0.1) is 10.6 Å². The summed E-state index contributed by atoms with van der Waals surface area (Å²) in [6, 6.07) is 13.5. The van der Waals surface area contributed by atoms with Crippen LogP contribution in [0.15, 0.2) is 53.4 Å². The fraction of sp³-hybridized carbons (Fsp3) is 0.409. The predicted molar refractivity (Wildman–Crippen MR) is 116 cm³/mol. The minimum absolute atomic E-state index is 0.0557. The Labute approximate surface area is 173 Å². The minimum atomic E-state index is -3.64. The Morgan fingerprint density at radius 2 is 1.55 bits per heavy atom. The molecule has 1 fully saturated rings. The second-order valence-corrected chi connectivity index (χ2v) is 9.58. The van der Waals surface area contributed by atoms with E-state index in [1.54, 1.807) is 60.5 Å². The number of rotatable bonds is 7. The maximum Gasteiger partial charge on any atom is 0.264 e. The fourth-order valence-electron chi connectivity index (χ4n) is 3.44. The number of carbonyl (C=O) groups is 1. The summed E-state index contributed by atoms with van der Waals surface area (Å²) in [5, 5.41) is 0. The van der Waals surface area contributed by atoms with Crippen molar-refractivity contribution < 1.29 is 13.2 Å². The third kappa shape index (κ3) is 4.97. The van der Waals surface area contributed by atoms with Crippen LogP contribution in [-0.2, 0) is 10.0 Å². The van der Waals surface area contributed by atoms with E-state index in [0.29, 0.717) is 17.8 Å². The van der Waals surface area contributed by atoms with Gasteiger partial charge in [-0.25, -0.2) is 8.42 Å². The first-order chi connectivity index (χ1) is 13.8. The zero-order valence-corrected chi connectivity index (χ0v) is 18.2. The molecule has 2 aromatic carbocycles. The highest BCUT2D eigenvalue weighted by Gasteiger charge is 2.22. The van der Waals surface area contributed by atoms with E-state index in [0.717, 1.165) is 25.2 Å². The molecular formula is C22H29N3O3S. The van der Waals surface area contributed by atoms with E-state index in [2.05, 4.69) is 4.90 Å². The quantitative estimate of drug-likeness (QED) is 0.698. The molecule has 0 aromatic heterocycles. The van der Waals surface area contributed by atoms with Gasteiger partial charge in [0.1, 0.15) is 0 Å². The van der Waals surface area contributed by atoms with Crippen LogP contribution >= 0.6 is 0 Å². The standard InChI is InChI=1S/C22H29N3O3S/c1-18-6-12-21(13-7-18)29(27,28)24(3)20-10-8-19(9-11-20)22(26)23(2)16-17-25-14-4-5-15-25/h6-13H,4-5,14-17H2,1-3H3. The Balaban J connectivity index is 1.66. The number of anilines is 1. The van der Waals surface area contributed by atoms with Crippen molar-refractivity contribution in [3.05, 3.63) is 59.7 Å². The summed E-state index contributed by atoms with van der Waals surface area (Å²) in [7, 11) is -0.316. The molecule has 1 saturated heterocycles.